The highest BCUT2D eigenvalue weighted by atomic mass is 32.2. The topological polar surface area (TPSA) is 49.7 Å². The summed E-state index contributed by atoms with van der Waals surface area (Å²) in [5.74, 6) is -0.753. The van der Waals surface area contributed by atoms with Gasteiger partial charge in [-0.25, -0.2) is 12.8 Å². The number of hydrogen-bond donors (Lipinski definition) is 0. The van der Waals surface area contributed by atoms with E-state index in [2.05, 4.69) is 4.99 Å². The largest absolute Gasteiger partial charge is 0.499 e. The molecule has 0 radical (unpaired) electrons. The normalized spacial score (nSPS) is 12.9. The summed E-state index contributed by atoms with van der Waals surface area (Å²) in [6.45, 7) is 0. The van der Waals surface area contributed by atoms with Gasteiger partial charge in [-0.3, -0.25) is 4.99 Å². The Bertz CT molecular complexity index is 537. The minimum Gasteiger partial charge on any atom is -0.278 e. The first kappa shape index (κ1) is 14.4. The summed E-state index contributed by atoms with van der Waals surface area (Å²) in [5.41, 5.74) is 0. The minimum absolute atomic E-state index is 0.138. The lowest BCUT2D eigenvalue weighted by atomic mass is 10.4. The molecule has 0 saturated carbocycles. The predicted octanol–water partition coefficient (Wildman–Crippen LogP) is 1.99. The van der Waals surface area contributed by atoms with E-state index >= 15 is 0 Å². The van der Waals surface area contributed by atoms with Crippen LogP contribution < -0.4 is 0 Å². The van der Waals surface area contributed by atoms with Crippen molar-refractivity contribution >= 4 is 16.4 Å². The lowest BCUT2D eigenvalue weighted by Gasteiger charge is -2.21. The first-order valence-electron chi connectivity index (χ1n) is 4.48. The highest BCUT2D eigenvalue weighted by Crippen LogP contribution is 2.27. The molecule has 18 heavy (non-hydrogen) atoms. The fraction of sp³-hybridized carbons (Fsp3) is 0.222. The fourth-order valence-electron chi connectivity index (χ4n) is 1.09. The molecule has 0 aliphatic heterocycles. The molecule has 0 aliphatic rings. The maximum Gasteiger partial charge on any atom is 0.499 e. The molecule has 0 fully saturated rings. The summed E-state index contributed by atoms with van der Waals surface area (Å²) in [6, 6.07) is 2.99. The standard InChI is InChI=1S/C9H8F4N2O2S/c1-14-6-15(9(11,12)13)18(16,17)8-4-2-7(10)3-5-8/h2-6H,1H3/b14-6-. The summed E-state index contributed by atoms with van der Waals surface area (Å²) in [6.07, 6.45) is -5.01. The summed E-state index contributed by atoms with van der Waals surface area (Å²) in [4.78, 5) is 2.36. The van der Waals surface area contributed by atoms with E-state index in [1.807, 2.05) is 0 Å². The minimum atomic E-state index is -5.15. The molecular formula is C9H8F4N2O2S. The van der Waals surface area contributed by atoms with E-state index in [9.17, 15) is 26.0 Å². The lowest BCUT2D eigenvalue weighted by Crippen LogP contribution is -2.41. The summed E-state index contributed by atoms with van der Waals surface area (Å²) >= 11 is 0. The summed E-state index contributed by atoms with van der Waals surface area (Å²) in [7, 11) is -3.85. The molecule has 0 saturated heterocycles. The van der Waals surface area contributed by atoms with Gasteiger partial charge in [-0.1, -0.05) is 0 Å². The SMILES string of the molecule is C/N=C\N(C(F)(F)F)S(=O)(=O)c1ccc(F)cc1. The second-order valence-electron chi connectivity index (χ2n) is 3.10. The van der Waals surface area contributed by atoms with Gasteiger partial charge in [-0.2, -0.15) is 4.31 Å². The summed E-state index contributed by atoms with van der Waals surface area (Å²) < 4.78 is 72.8. The molecule has 4 nitrogen and oxygen atoms in total. The maximum absolute atomic E-state index is 12.6. The zero-order valence-electron chi connectivity index (χ0n) is 9.02. The Morgan fingerprint density at radius 2 is 1.72 bits per heavy atom. The van der Waals surface area contributed by atoms with Gasteiger partial charge in [0.15, 0.2) is 0 Å². The Labute approximate surface area is 101 Å². The Morgan fingerprint density at radius 1 is 1.22 bits per heavy atom. The van der Waals surface area contributed by atoms with Crippen LogP contribution in [0, 0.1) is 5.82 Å². The molecule has 0 amide bonds. The zero-order chi connectivity index (χ0) is 14.0. The van der Waals surface area contributed by atoms with Crippen LogP contribution in [0.1, 0.15) is 0 Å². The van der Waals surface area contributed by atoms with Gasteiger partial charge in [0, 0.05) is 7.05 Å². The van der Waals surface area contributed by atoms with Crippen molar-refractivity contribution < 1.29 is 26.0 Å². The van der Waals surface area contributed by atoms with Gasteiger partial charge in [0.25, 0.3) is 10.0 Å². The van der Waals surface area contributed by atoms with Crippen molar-refractivity contribution in [3.05, 3.63) is 30.1 Å². The highest BCUT2D eigenvalue weighted by Gasteiger charge is 2.44. The molecule has 100 valence electrons. The molecule has 9 heteroatoms. The van der Waals surface area contributed by atoms with Crippen molar-refractivity contribution in [3.8, 4) is 0 Å². The molecular weight excluding hydrogens is 276 g/mol. The molecule has 1 rings (SSSR count). The van der Waals surface area contributed by atoms with Gasteiger partial charge in [0.1, 0.15) is 12.2 Å². The van der Waals surface area contributed by atoms with Crippen molar-refractivity contribution in [2.75, 3.05) is 7.05 Å². The van der Waals surface area contributed by atoms with Crippen molar-refractivity contribution in [3.63, 3.8) is 0 Å². The van der Waals surface area contributed by atoms with Crippen LogP contribution in [0.15, 0.2) is 34.2 Å². The molecule has 0 heterocycles. The predicted molar refractivity (Wildman–Crippen MR) is 55.9 cm³/mol. The van der Waals surface area contributed by atoms with Crippen LogP contribution in [0.25, 0.3) is 0 Å². The Balaban J connectivity index is 3.30. The third-order valence-corrected chi connectivity index (χ3v) is 3.53. The first-order valence-corrected chi connectivity index (χ1v) is 5.92. The molecule has 0 spiro atoms. The van der Waals surface area contributed by atoms with E-state index in [0.717, 1.165) is 31.3 Å². The number of sulfonamides is 1. The monoisotopic (exact) mass is 284 g/mol. The molecule has 1 aromatic carbocycles. The van der Waals surface area contributed by atoms with Gasteiger partial charge < -0.3 is 0 Å². The number of halogens is 4. The van der Waals surface area contributed by atoms with Crippen molar-refractivity contribution in [2.45, 2.75) is 11.2 Å². The molecule has 0 aliphatic carbocycles. The number of rotatable bonds is 3. The van der Waals surface area contributed by atoms with Crippen LogP contribution in [0.3, 0.4) is 0 Å². The third kappa shape index (κ3) is 2.97. The van der Waals surface area contributed by atoms with E-state index in [0.29, 0.717) is 0 Å². The zero-order valence-corrected chi connectivity index (χ0v) is 9.83. The average molecular weight is 284 g/mol. The molecule has 0 aromatic heterocycles. The van der Waals surface area contributed by atoms with Crippen LogP contribution in [-0.2, 0) is 10.0 Å². The number of nitrogens with zero attached hydrogens (tertiary/aromatic N) is 2. The lowest BCUT2D eigenvalue weighted by molar-refractivity contribution is -0.185. The van der Waals surface area contributed by atoms with E-state index in [1.54, 1.807) is 0 Å². The summed E-state index contributed by atoms with van der Waals surface area (Å²) in [5, 5.41) is 0. The number of alkyl halides is 3. The fourth-order valence-corrected chi connectivity index (χ4v) is 2.29. The Morgan fingerprint density at radius 3 is 2.11 bits per heavy atom. The van der Waals surface area contributed by atoms with Gasteiger partial charge in [-0.15, -0.1) is 13.2 Å². The van der Waals surface area contributed by atoms with Crippen LogP contribution in [0.4, 0.5) is 17.6 Å². The van der Waals surface area contributed by atoms with Gasteiger partial charge in [0.2, 0.25) is 0 Å². The quantitative estimate of drug-likeness (QED) is 0.369. The van der Waals surface area contributed by atoms with Crippen LogP contribution in [0.5, 0.6) is 0 Å². The van der Waals surface area contributed by atoms with E-state index < -0.39 is 31.3 Å². The van der Waals surface area contributed by atoms with Crippen molar-refractivity contribution in [1.29, 1.82) is 0 Å². The number of aliphatic imine (C=N–C) groups is 1. The number of hydrogen-bond acceptors (Lipinski definition) is 3. The van der Waals surface area contributed by atoms with E-state index in [-0.39, 0.29) is 6.34 Å². The Hall–Kier alpha value is -1.64. The van der Waals surface area contributed by atoms with Gasteiger partial charge >= 0.3 is 6.30 Å². The third-order valence-electron chi connectivity index (χ3n) is 1.84. The number of benzene rings is 1. The second-order valence-corrected chi connectivity index (χ2v) is 4.91. The average Bonchev–Trinajstić information content (AvgIpc) is 2.24. The van der Waals surface area contributed by atoms with Crippen molar-refractivity contribution in [2.24, 2.45) is 4.99 Å². The van der Waals surface area contributed by atoms with E-state index in [4.69, 9.17) is 0 Å². The maximum atomic E-state index is 12.6. The van der Waals surface area contributed by atoms with Crippen LogP contribution in [-0.4, -0.2) is 32.4 Å². The molecule has 0 N–H and O–H groups in total. The second kappa shape index (κ2) is 4.92. The van der Waals surface area contributed by atoms with Crippen molar-refractivity contribution in [1.82, 2.24) is 4.31 Å². The smallest absolute Gasteiger partial charge is 0.278 e. The Kier molecular flexibility index (Phi) is 3.95. The van der Waals surface area contributed by atoms with E-state index in [1.165, 1.54) is 0 Å². The molecule has 0 bridgehead atoms. The van der Waals surface area contributed by atoms with Crippen LogP contribution >= 0.6 is 0 Å². The molecule has 0 unspecified atom stereocenters. The highest BCUT2D eigenvalue weighted by molar-refractivity contribution is 7.89. The van der Waals surface area contributed by atoms with Gasteiger partial charge in [0.05, 0.1) is 4.90 Å². The first-order chi connectivity index (χ1) is 8.19. The molecule has 1 aromatic rings. The van der Waals surface area contributed by atoms with Gasteiger partial charge in [-0.05, 0) is 24.3 Å². The van der Waals surface area contributed by atoms with Crippen LogP contribution in [0.2, 0.25) is 0 Å². The molecule has 0 atom stereocenters.